The van der Waals surface area contributed by atoms with E-state index in [9.17, 15) is 23.3 Å². The van der Waals surface area contributed by atoms with Gasteiger partial charge in [-0.15, -0.1) is 13.2 Å². The Morgan fingerprint density at radius 3 is 2.47 bits per heavy atom. The largest absolute Gasteiger partial charge is 0.573 e. The SMILES string of the molecule is N#Cc1cc(OC(F)(F)F)cc([N+](=O)[O-])c1N. The van der Waals surface area contributed by atoms with Crippen LogP contribution in [0.3, 0.4) is 0 Å². The molecule has 0 aromatic heterocycles. The summed E-state index contributed by atoms with van der Waals surface area (Å²) in [7, 11) is 0. The zero-order valence-electron chi connectivity index (χ0n) is 7.99. The molecule has 6 nitrogen and oxygen atoms in total. The fourth-order valence-corrected chi connectivity index (χ4v) is 1.05. The number of nitrogens with zero attached hydrogens (tertiary/aromatic N) is 2. The van der Waals surface area contributed by atoms with Gasteiger partial charge in [-0.25, -0.2) is 0 Å². The lowest BCUT2D eigenvalue weighted by molar-refractivity contribution is -0.384. The van der Waals surface area contributed by atoms with Crippen molar-refractivity contribution < 1.29 is 22.8 Å². The third-order valence-corrected chi connectivity index (χ3v) is 1.68. The van der Waals surface area contributed by atoms with Gasteiger partial charge in [-0.3, -0.25) is 10.1 Å². The molecule has 0 unspecified atom stereocenters. The van der Waals surface area contributed by atoms with E-state index in [1.807, 2.05) is 0 Å². The monoisotopic (exact) mass is 247 g/mol. The summed E-state index contributed by atoms with van der Waals surface area (Å²) in [5, 5.41) is 19.0. The van der Waals surface area contributed by atoms with Crippen molar-refractivity contribution in [1.82, 2.24) is 0 Å². The molecule has 0 radical (unpaired) electrons. The van der Waals surface area contributed by atoms with Crippen molar-refractivity contribution in [2.75, 3.05) is 5.73 Å². The van der Waals surface area contributed by atoms with E-state index in [0.29, 0.717) is 12.1 Å². The summed E-state index contributed by atoms with van der Waals surface area (Å²) in [5.41, 5.74) is 3.44. The molecule has 0 atom stereocenters. The van der Waals surface area contributed by atoms with Gasteiger partial charge in [0.05, 0.1) is 16.6 Å². The first-order valence-electron chi connectivity index (χ1n) is 3.98. The van der Waals surface area contributed by atoms with E-state index in [4.69, 9.17) is 11.0 Å². The number of rotatable bonds is 2. The molecule has 0 saturated heterocycles. The molecule has 0 bridgehead atoms. The molecule has 0 amide bonds. The molecule has 90 valence electrons. The van der Waals surface area contributed by atoms with Crippen LogP contribution in [0.25, 0.3) is 0 Å². The second kappa shape index (κ2) is 4.17. The third kappa shape index (κ3) is 2.97. The standard InChI is InChI=1S/C8H4F3N3O3/c9-8(10,11)17-5-1-4(3-12)7(13)6(2-5)14(15)16/h1-2H,13H2. The zero-order valence-corrected chi connectivity index (χ0v) is 7.99. The Bertz CT molecular complexity index is 507. The maximum Gasteiger partial charge on any atom is 0.573 e. The van der Waals surface area contributed by atoms with Crippen molar-refractivity contribution in [2.24, 2.45) is 0 Å². The van der Waals surface area contributed by atoms with E-state index >= 15 is 0 Å². The van der Waals surface area contributed by atoms with Crippen LogP contribution in [0.5, 0.6) is 5.75 Å². The van der Waals surface area contributed by atoms with E-state index in [-0.39, 0.29) is 0 Å². The van der Waals surface area contributed by atoms with Crippen LogP contribution in [0.15, 0.2) is 12.1 Å². The number of nitriles is 1. The number of nitro benzene ring substituents is 1. The van der Waals surface area contributed by atoms with Crippen LogP contribution < -0.4 is 10.5 Å². The van der Waals surface area contributed by atoms with Crippen molar-refractivity contribution in [2.45, 2.75) is 6.36 Å². The first-order valence-corrected chi connectivity index (χ1v) is 3.98. The minimum atomic E-state index is -5.00. The van der Waals surface area contributed by atoms with E-state index in [2.05, 4.69) is 4.74 Å². The van der Waals surface area contributed by atoms with Gasteiger partial charge in [-0.1, -0.05) is 0 Å². The zero-order chi connectivity index (χ0) is 13.2. The fraction of sp³-hybridized carbons (Fsp3) is 0.125. The molecule has 0 aliphatic rings. The summed E-state index contributed by atoms with van der Waals surface area (Å²) in [6, 6.07) is 2.62. The second-order valence-electron chi connectivity index (χ2n) is 2.82. The number of hydrogen-bond donors (Lipinski definition) is 1. The number of nitrogen functional groups attached to an aromatic ring is 1. The maximum atomic E-state index is 11.9. The number of nitro groups is 1. The van der Waals surface area contributed by atoms with Crippen molar-refractivity contribution in [1.29, 1.82) is 5.26 Å². The molecule has 0 aliphatic heterocycles. The number of hydrogen-bond acceptors (Lipinski definition) is 5. The quantitative estimate of drug-likeness (QED) is 0.488. The lowest BCUT2D eigenvalue weighted by atomic mass is 10.1. The molecule has 0 spiro atoms. The summed E-state index contributed by atoms with van der Waals surface area (Å²) in [4.78, 5) is 9.49. The Morgan fingerprint density at radius 2 is 2.06 bits per heavy atom. The van der Waals surface area contributed by atoms with Gasteiger partial charge in [0.15, 0.2) is 0 Å². The smallest absolute Gasteiger partial charge is 0.405 e. The van der Waals surface area contributed by atoms with Crippen LogP contribution in [0.4, 0.5) is 24.5 Å². The molecule has 2 N–H and O–H groups in total. The summed E-state index contributed by atoms with van der Waals surface area (Å²) < 4.78 is 39.2. The minimum absolute atomic E-state index is 0.460. The highest BCUT2D eigenvalue weighted by atomic mass is 19.4. The van der Waals surface area contributed by atoms with Crippen molar-refractivity contribution in [3.05, 3.63) is 27.8 Å². The molecule has 9 heteroatoms. The molecule has 0 saturated carbocycles. The molecule has 0 heterocycles. The molecule has 0 fully saturated rings. The summed E-state index contributed by atoms with van der Waals surface area (Å²) in [6.07, 6.45) is -5.00. The molecular formula is C8H4F3N3O3. The van der Waals surface area contributed by atoms with Gasteiger partial charge < -0.3 is 10.5 Å². The average Bonchev–Trinajstić information content (AvgIpc) is 2.17. The van der Waals surface area contributed by atoms with E-state index in [1.54, 1.807) is 0 Å². The second-order valence-corrected chi connectivity index (χ2v) is 2.82. The molecule has 1 aromatic carbocycles. The van der Waals surface area contributed by atoms with Gasteiger partial charge >= 0.3 is 6.36 Å². The average molecular weight is 247 g/mol. The Hall–Kier alpha value is -2.50. The van der Waals surface area contributed by atoms with Crippen LogP contribution in [0.2, 0.25) is 0 Å². The van der Waals surface area contributed by atoms with Crippen LogP contribution >= 0.6 is 0 Å². The van der Waals surface area contributed by atoms with Crippen LogP contribution in [0, 0.1) is 21.4 Å². The molecule has 0 aliphatic carbocycles. The fourth-order valence-electron chi connectivity index (χ4n) is 1.05. The predicted octanol–water partition coefficient (Wildman–Crippen LogP) is 1.95. The van der Waals surface area contributed by atoms with Gasteiger partial charge in [0, 0.05) is 6.07 Å². The Balaban J connectivity index is 3.32. The molecule has 17 heavy (non-hydrogen) atoms. The van der Waals surface area contributed by atoms with Gasteiger partial charge in [0.2, 0.25) is 0 Å². The predicted molar refractivity (Wildman–Crippen MR) is 48.9 cm³/mol. The maximum absolute atomic E-state index is 11.9. The number of alkyl halides is 3. The van der Waals surface area contributed by atoms with E-state index in [0.717, 1.165) is 0 Å². The third-order valence-electron chi connectivity index (χ3n) is 1.68. The lowest BCUT2D eigenvalue weighted by Gasteiger charge is -2.09. The normalized spacial score (nSPS) is 10.7. The highest BCUT2D eigenvalue weighted by molar-refractivity contribution is 5.69. The van der Waals surface area contributed by atoms with Gasteiger partial charge in [-0.2, -0.15) is 5.26 Å². The topological polar surface area (TPSA) is 102 Å². The molecular weight excluding hydrogens is 243 g/mol. The highest BCUT2D eigenvalue weighted by Crippen LogP contribution is 2.33. The summed E-state index contributed by atoms with van der Waals surface area (Å²) >= 11 is 0. The number of ether oxygens (including phenoxy) is 1. The Labute approximate surface area is 92.2 Å². The van der Waals surface area contributed by atoms with Gasteiger partial charge in [0.1, 0.15) is 17.5 Å². The Morgan fingerprint density at radius 1 is 1.47 bits per heavy atom. The first-order chi connectivity index (χ1) is 7.74. The number of halogens is 3. The van der Waals surface area contributed by atoms with E-state index < -0.39 is 34.0 Å². The molecule has 1 aromatic rings. The van der Waals surface area contributed by atoms with Crippen LogP contribution in [0.1, 0.15) is 5.56 Å². The van der Waals surface area contributed by atoms with Gasteiger partial charge in [0.25, 0.3) is 5.69 Å². The van der Waals surface area contributed by atoms with Gasteiger partial charge in [-0.05, 0) is 0 Å². The Kier molecular flexibility index (Phi) is 3.08. The number of nitrogens with two attached hydrogens (primary N) is 1. The number of benzene rings is 1. The lowest BCUT2D eigenvalue weighted by Crippen LogP contribution is -2.17. The highest BCUT2D eigenvalue weighted by Gasteiger charge is 2.32. The minimum Gasteiger partial charge on any atom is -0.405 e. The van der Waals surface area contributed by atoms with Crippen molar-refractivity contribution in [3.63, 3.8) is 0 Å². The molecule has 1 rings (SSSR count). The van der Waals surface area contributed by atoms with E-state index in [1.165, 1.54) is 6.07 Å². The van der Waals surface area contributed by atoms with Crippen molar-refractivity contribution >= 4 is 11.4 Å². The number of anilines is 1. The summed E-state index contributed by atoms with van der Waals surface area (Å²) in [6.45, 7) is 0. The summed E-state index contributed by atoms with van der Waals surface area (Å²) in [5.74, 6) is -0.866. The van der Waals surface area contributed by atoms with Crippen LogP contribution in [-0.4, -0.2) is 11.3 Å². The first kappa shape index (κ1) is 12.6. The van der Waals surface area contributed by atoms with Crippen LogP contribution in [-0.2, 0) is 0 Å². The van der Waals surface area contributed by atoms with Crippen molar-refractivity contribution in [3.8, 4) is 11.8 Å².